The van der Waals surface area contributed by atoms with Gasteiger partial charge in [-0.1, -0.05) is 22.8 Å². The Hall–Kier alpha value is -2.27. The smallest absolute Gasteiger partial charge is 0.219 e. The molecular formula is C12H10ClN3O2. The van der Waals surface area contributed by atoms with Crippen molar-refractivity contribution < 1.29 is 9.94 Å². The number of nitrogens with two attached hydrogens (primary N) is 1. The van der Waals surface area contributed by atoms with Crippen LogP contribution < -0.4 is 10.5 Å². The number of amidine groups is 1. The molecule has 1 heterocycles. The number of oxime groups is 1. The summed E-state index contributed by atoms with van der Waals surface area (Å²) in [6.07, 6.45) is 0. The number of nitrogens with zero attached hydrogens (tertiary/aromatic N) is 2. The Kier molecular flexibility index (Phi) is 3.64. The highest BCUT2D eigenvalue weighted by Crippen LogP contribution is 2.21. The molecule has 0 spiro atoms. The molecule has 0 aliphatic rings. The highest BCUT2D eigenvalue weighted by atomic mass is 35.5. The topological polar surface area (TPSA) is 80.7 Å². The average Bonchev–Trinajstić information content (AvgIpc) is 2.41. The van der Waals surface area contributed by atoms with Gasteiger partial charge in [-0.15, -0.1) is 0 Å². The Labute approximate surface area is 108 Å². The second-order valence-electron chi connectivity index (χ2n) is 3.40. The largest absolute Gasteiger partial charge is 0.439 e. The van der Waals surface area contributed by atoms with Gasteiger partial charge in [-0.05, 0) is 30.3 Å². The Balaban J connectivity index is 2.22. The van der Waals surface area contributed by atoms with E-state index in [1.165, 1.54) is 0 Å². The van der Waals surface area contributed by atoms with Gasteiger partial charge in [-0.2, -0.15) is 0 Å². The van der Waals surface area contributed by atoms with Crippen LogP contribution in [-0.2, 0) is 0 Å². The van der Waals surface area contributed by atoms with Gasteiger partial charge in [0.25, 0.3) is 0 Å². The van der Waals surface area contributed by atoms with Gasteiger partial charge in [0.1, 0.15) is 11.4 Å². The quantitative estimate of drug-likeness (QED) is 0.386. The van der Waals surface area contributed by atoms with Crippen LogP contribution in [0.1, 0.15) is 5.69 Å². The number of hydrogen-bond acceptors (Lipinski definition) is 4. The van der Waals surface area contributed by atoms with Gasteiger partial charge < -0.3 is 15.7 Å². The summed E-state index contributed by atoms with van der Waals surface area (Å²) in [6.45, 7) is 0. The van der Waals surface area contributed by atoms with Crippen LogP contribution in [0.3, 0.4) is 0 Å². The molecule has 0 bridgehead atoms. The van der Waals surface area contributed by atoms with Crippen molar-refractivity contribution in [3.63, 3.8) is 0 Å². The molecule has 0 aliphatic carbocycles. The van der Waals surface area contributed by atoms with Crippen molar-refractivity contribution in [2.45, 2.75) is 0 Å². The van der Waals surface area contributed by atoms with Crippen LogP contribution in [0.15, 0.2) is 47.6 Å². The van der Waals surface area contributed by atoms with Gasteiger partial charge >= 0.3 is 0 Å². The molecule has 0 amide bonds. The molecule has 0 saturated heterocycles. The van der Waals surface area contributed by atoms with Crippen molar-refractivity contribution in [3.05, 3.63) is 53.2 Å². The van der Waals surface area contributed by atoms with Gasteiger partial charge in [-0.25, -0.2) is 4.98 Å². The summed E-state index contributed by atoms with van der Waals surface area (Å²) < 4.78 is 5.51. The summed E-state index contributed by atoms with van der Waals surface area (Å²) in [5.74, 6) is 0.876. The first-order valence-electron chi connectivity index (χ1n) is 5.07. The molecule has 3 N–H and O–H groups in total. The second kappa shape index (κ2) is 5.37. The molecule has 1 aromatic heterocycles. The monoisotopic (exact) mass is 263 g/mol. The van der Waals surface area contributed by atoms with Crippen molar-refractivity contribution in [1.29, 1.82) is 0 Å². The molecule has 0 saturated carbocycles. The molecule has 1 aromatic carbocycles. The molecule has 5 nitrogen and oxygen atoms in total. The summed E-state index contributed by atoms with van der Waals surface area (Å²) in [5, 5.41) is 12.1. The minimum atomic E-state index is -0.0726. The van der Waals surface area contributed by atoms with Gasteiger partial charge in [0.2, 0.25) is 5.88 Å². The molecule has 6 heteroatoms. The lowest BCUT2D eigenvalue weighted by molar-refractivity contribution is 0.318. The molecule has 0 radical (unpaired) electrons. The SMILES string of the molecule is NC(=NO)c1cccc(Oc2ccc(Cl)cc2)n1. The zero-order chi connectivity index (χ0) is 13.0. The first-order chi connectivity index (χ1) is 8.69. The molecule has 2 aromatic rings. The number of rotatable bonds is 3. The third-order valence-electron chi connectivity index (χ3n) is 2.13. The van der Waals surface area contributed by atoms with E-state index in [0.717, 1.165) is 0 Å². The maximum absolute atomic E-state index is 8.57. The molecule has 0 unspecified atom stereocenters. The van der Waals surface area contributed by atoms with E-state index in [1.807, 2.05) is 0 Å². The summed E-state index contributed by atoms with van der Waals surface area (Å²) in [4.78, 5) is 4.09. The summed E-state index contributed by atoms with van der Waals surface area (Å²) in [6, 6.07) is 11.9. The van der Waals surface area contributed by atoms with Crippen LogP contribution in [0.25, 0.3) is 0 Å². The predicted molar refractivity (Wildman–Crippen MR) is 68.3 cm³/mol. The molecule has 0 fully saturated rings. The Morgan fingerprint density at radius 3 is 2.61 bits per heavy atom. The van der Waals surface area contributed by atoms with E-state index >= 15 is 0 Å². The number of aromatic nitrogens is 1. The fraction of sp³-hybridized carbons (Fsp3) is 0. The normalized spacial score (nSPS) is 11.3. The lowest BCUT2D eigenvalue weighted by Crippen LogP contribution is -2.14. The van der Waals surface area contributed by atoms with Crippen LogP contribution in [0, 0.1) is 0 Å². The van der Waals surface area contributed by atoms with Gasteiger partial charge in [0, 0.05) is 11.1 Å². The van der Waals surface area contributed by atoms with Gasteiger partial charge in [0.15, 0.2) is 5.84 Å². The Morgan fingerprint density at radius 2 is 1.94 bits per heavy atom. The zero-order valence-corrected chi connectivity index (χ0v) is 10.0. The number of pyridine rings is 1. The van der Waals surface area contributed by atoms with Crippen LogP contribution in [-0.4, -0.2) is 16.0 Å². The highest BCUT2D eigenvalue weighted by Gasteiger charge is 2.04. The Morgan fingerprint density at radius 1 is 1.22 bits per heavy atom. The van der Waals surface area contributed by atoms with Crippen molar-refractivity contribution in [3.8, 4) is 11.6 Å². The van der Waals surface area contributed by atoms with E-state index in [0.29, 0.717) is 22.3 Å². The number of hydrogen-bond donors (Lipinski definition) is 2. The standard InChI is InChI=1S/C12H10ClN3O2/c13-8-4-6-9(7-5-8)18-11-3-1-2-10(15-11)12(14)16-17/h1-7,17H,(H2,14,16). The van der Waals surface area contributed by atoms with Crippen molar-refractivity contribution in [2.24, 2.45) is 10.9 Å². The molecule has 2 rings (SSSR count). The van der Waals surface area contributed by atoms with Crippen molar-refractivity contribution in [1.82, 2.24) is 4.98 Å². The van der Waals surface area contributed by atoms with Crippen LogP contribution >= 0.6 is 11.6 Å². The lowest BCUT2D eigenvalue weighted by atomic mass is 10.3. The molecule has 0 aliphatic heterocycles. The number of halogens is 1. The van der Waals surface area contributed by atoms with Crippen LogP contribution in [0.5, 0.6) is 11.6 Å². The first-order valence-corrected chi connectivity index (χ1v) is 5.45. The van der Waals surface area contributed by atoms with Crippen molar-refractivity contribution >= 4 is 17.4 Å². The number of benzene rings is 1. The van der Waals surface area contributed by atoms with E-state index in [2.05, 4.69) is 10.1 Å². The molecular weight excluding hydrogens is 254 g/mol. The first kappa shape index (κ1) is 12.2. The van der Waals surface area contributed by atoms with E-state index in [9.17, 15) is 0 Å². The minimum Gasteiger partial charge on any atom is -0.439 e. The van der Waals surface area contributed by atoms with E-state index in [4.69, 9.17) is 27.3 Å². The van der Waals surface area contributed by atoms with Crippen LogP contribution in [0.2, 0.25) is 5.02 Å². The highest BCUT2D eigenvalue weighted by molar-refractivity contribution is 6.30. The lowest BCUT2D eigenvalue weighted by Gasteiger charge is -2.05. The van der Waals surface area contributed by atoms with Crippen LogP contribution in [0.4, 0.5) is 0 Å². The third kappa shape index (κ3) is 2.89. The summed E-state index contributed by atoms with van der Waals surface area (Å²) >= 11 is 5.77. The third-order valence-corrected chi connectivity index (χ3v) is 2.38. The van der Waals surface area contributed by atoms with E-state index in [-0.39, 0.29) is 5.84 Å². The average molecular weight is 264 g/mol. The van der Waals surface area contributed by atoms with Gasteiger partial charge in [-0.3, -0.25) is 0 Å². The molecule has 18 heavy (non-hydrogen) atoms. The van der Waals surface area contributed by atoms with Crippen molar-refractivity contribution in [2.75, 3.05) is 0 Å². The zero-order valence-electron chi connectivity index (χ0n) is 9.25. The van der Waals surface area contributed by atoms with E-state index in [1.54, 1.807) is 42.5 Å². The maximum Gasteiger partial charge on any atom is 0.219 e. The minimum absolute atomic E-state index is 0.0726. The Bertz CT molecular complexity index is 570. The maximum atomic E-state index is 8.57. The molecule has 92 valence electrons. The van der Waals surface area contributed by atoms with Gasteiger partial charge in [0.05, 0.1) is 0 Å². The fourth-order valence-electron chi connectivity index (χ4n) is 1.29. The fourth-order valence-corrected chi connectivity index (χ4v) is 1.41. The number of ether oxygens (including phenoxy) is 1. The van der Waals surface area contributed by atoms with E-state index < -0.39 is 0 Å². The second-order valence-corrected chi connectivity index (χ2v) is 3.84. The summed E-state index contributed by atoms with van der Waals surface area (Å²) in [7, 11) is 0. The summed E-state index contributed by atoms with van der Waals surface area (Å²) in [5.41, 5.74) is 5.78. The predicted octanol–water partition coefficient (Wildman–Crippen LogP) is 2.62. The molecule has 0 atom stereocenters.